The molecule has 1 aliphatic carbocycles. The Kier molecular flexibility index (Phi) is 5.44. The lowest BCUT2D eigenvalue weighted by Gasteiger charge is -2.28. The molecule has 0 nitrogen and oxygen atoms in total. The molecule has 2 rings (SSSR count). The predicted octanol–water partition coefficient (Wildman–Crippen LogP) is 5.66. The molecule has 19 heavy (non-hydrogen) atoms. The van der Waals surface area contributed by atoms with E-state index >= 15 is 0 Å². The van der Waals surface area contributed by atoms with Crippen LogP contribution in [0.1, 0.15) is 56.1 Å². The number of aryl methyl sites for hydroxylation is 1. The van der Waals surface area contributed by atoms with Gasteiger partial charge in [-0.05, 0) is 61.5 Å². The van der Waals surface area contributed by atoms with E-state index in [0.29, 0.717) is 0 Å². The Bertz CT molecular complexity index is 402. The van der Waals surface area contributed by atoms with Crippen molar-refractivity contribution < 1.29 is 0 Å². The summed E-state index contributed by atoms with van der Waals surface area (Å²) in [4.78, 5) is 0. The van der Waals surface area contributed by atoms with Crippen LogP contribution in [0.25, 0.3) is 0 Å². The molecule has 1 aromatic rings. The third kappa shape index (κ3) is 4.09. The molecule has 0 unspecified atom stereocenters. The molecule has 0 heterocycles. The van der Waals surface area contributed by atoms with Gasteiger partial charge in [-0.3, -0.25) is 0 Å². The summed E-state index contributed by atoms with van der Waals surface area (Å²) in [6.45, 7) is 5.94. The molecule has 1 aliphatic rings. The SMILES string of the molecule is C=C/C=C\CC1CCC(c2ccc(CC)cc2)CC1. The fourth-order valence-corrected chi connectivity index (χ4v) is 3.12. The van der Waals surface area contributed by atoms with Crippen LogP contribution in [0.4, 0.5) is 0 Å². The van der Waals surface area contributed by atoms with Gasteiger partial charge in [-0.1, -0.05) is 56.0 Å². The molecule has 0 radical (unpaired) electrons. The van der Waals surface area contributed by atoms with Crippen LogP contribution in [-0.4, -0.2) is 0 Å². The molecule has 102 valence electrons. The highest BCUT2D eigenvalue weighted by molar-refractivity contribution is 5.25. The first-order valence-corrected chi connectivity index (χ1v) is 7.70. The third-order valence-corrected chi connectivity index (χ3v) is 4.45. The standard InChI is InChI=1S/C19H26/c1-3-5-6-7-17-10-14-19(15-11-17)18-12-8-16(4-2)9-13-18/h3,5-6,8-9,12-13,17,19H,1,4,7,10-11,14-15H2,2H3/b6-5-. The summed E-state index contributed by atoms with van der Waals surface area (Å²) in [6, 6.07) is 9.30. The molecule has 0 amide bonds. The Morgan fingerprint density at radius 2 is 1.79 bits per heavy atom. The average molecular weight is 254 g/mol. The normalized spacial score (nSPS) is 23.6. The first-order chi connectivity index (χ1) is 9.33. The molecule has 1 aromatic carbocycles. The van der Waals surface area contributed by atoms with Crippen molar-refractivity contribution in [2.45, 2.75) is 51.4 Å². The number of benzene rings is 1. The smallest absolute Gasteiger partial charge is 0.0162 e. The zero-order chi connectivity index (χ0) is 13.5. The van der Waals surface area contributed by atoms with Crippen molar-refractivity contribution >= 4 is 0 Å². The van der Waals surface area contributed by atoms with Gasteiger partial charge in [-0.15, -0.1) is 0 Å². The molecule has 1 fully saturated rings. The van der Waals surface area contributed by atoms with Crippen molar-refractivity contribution in [2.24, 2.45) is 5.92 Å². The quantitative estimate of drug-likeness (QED) is 0.595. The summed E-state index contributed by atoms with van der Waals surface area (Å²) in [6.07, 6.45) is 14.1. The third-order valence-electron chi connectivity index (χ3n) is 4.45. The minimum Gasteiger partial charge on any atom is -0.0991 e. The second-order valence-corrected chi connectivity index (χ2v) is 5.71. The predicted molar refractivity (Wildman–Crippen MR) is 84.5 cm³/mol. The fourth-order valence-electron chi connectivity index (χ4n) is 3.12. The molecule has 1 saturated carbocycles. The maximum absolute atomic E-state index is 3.72. The lowest BCUT2D eigenvalue weighted by molar-refractivity contribution is 0.328. The monoisotopic (exact) mass is 254 g/mol. The molecule has 0 aromatic heterocycles. The zero-order valence-corrected chi connectivity index (χ0v) is 12.1. The molecular formula is C19H26. The van der Waals surface area contributed by atoms with Gasteiger partial charge < -0.3 is 0 Å². The van der Waals surface area contributed by atoms with E-state index < -0.39 is 0 Å². The largest absolute Gasteiger partial charge is 0.0991 e. The van der Waals surface area contributed by atoms with Crippen LogP contribution in [0, 0.1) is 5.92 Å². The summed E-state index contributed by atoms with van der Waals surface area (Å²) >= 11 is 0. The van der Waals surface area contributed by atoms with Crippen molar-refractivity contribution in [2.75, 3.05) is 0 Å². The lowest BCUT2D eigenvalue weighted by Crippen LogP contribution is -2.12. The Balaban J connectivity index is 1.85. The first-order valence-electron chi connectivity index (χ1n) is 7.70. The Morgan fingerprint density at radius 1 is 1.11 bits per heavy atom. The molecule has 0 bridgehead atoms. The summed E-state index contributed by atoms with van der Waals surface area (Å²) in [7, 11) is 0. The van der Waals surface area contributed by atoms with Crippen LogP contribution in [0.2, 0.25) is 0 Å². The minimum atomic E-state index is 0.797. The topological polar surface area (TPSA) is 0 Å². The summed E-state index contributed by atoms with van der Waals surface area (Å²) in [5.41, 5.74) is 3.00. The van der Waals surface area contributed by atoms with Crippen molar-refractivity contribution in [1.82, 2.24) is 0 Å². The maximum Gasteiger partial charge on any atom is -0.0162 e. The zero-order valence-electron chi connectivity index (χ0n) is 12.1. The number of allylic oxidation sites excluding steroid dienone is 3. The van der Waals surface area contributed by atoms with Crippen LogP contribution < -0.4 is 0 Å². The molecule has 0 spiro atoms. The highest BCUT2D eigenvalue weighted by Gasteiger charge is 2.21. The van der Waals surface area contributed by atoms with Crippen LogP contribution in [-0.2, 0) is 6.42 Å². The van der Waals surface area contributed by atoms with Crippen LogP contribution in [0.15, 0.2) is 49.1 Å². The van der Waals surface area contributed by atoms with Crippen LogP contribution in [0.5, 0.6) is 0 Å². The summed E-state index contributed by atoms with van der Waals surface area (Å²) < 4.78 is 0. The first kappa shape index (κ1) is 14.1. The van der Waals surface area contributed by atoms with Gasteiger partial charge in [-0.25, -0.2) is 0 Å². The number of rotatable bonds is 5. The highest BCUT2D eigenvalue weighted by atomic mass is 14.3. The van der Waals surface area contributed by atoms with Gasteiger partial charge in [0.15, 0.2) is 0 Å². The van der Waals surface area contributed by atoms with Crippen molar-refractivity contribution in [3.63, 3.8) is 0 Å². The highest BCUT2D eigenvalue weighted by Crippen LogP contribution is 2.37. The average Bonchev–Trinajstić information content (AvgIpc) is 2.48. The Labute approximate surface area is 118 Å². The van der Waals surface area contributed by atoms with Gasteiger partial charge in [0.1, 0.15) is 0 Å². The fraction of sp³-hybridized carbons (Fsp3) is 0.474. The minimum absolute atomic E-state index is 0.797. The second-order valence-electron chi connectivity index (χ2n) is 5.71. The van der Waals surface area contributed by atoms with E-state index in [2.05, 4.69) is 49.9 Å². The van der Waals surface area contributed by atoms with E-state index in [9.17, 15) is 0 Å². The Hall–Kier alpha value is -1.30. The molecule has 0 atom stereocenters. The second kappa shape index (κ2) is 7.33. The molecule has 0 aliphatic heterocycles. The maximum atomic E-state index is 3.72. The number of hydrogen-bond donors (Lipinski definition) is 0. The van der Waals surface area contributed by atoms with Gasteiger partial charge in [0.25, 0.3) is 0 Å². The van der Waals surface area contributed by atoms with E-state index in [1.54, 1.807) is 5.56 Å². The van der Waals surface area contributed by atoms with E-state index in [0.717, 1.165) is 18.3 Å². The lowest BCUT2D eigenvalue weighted by atomic mass is 9.77. The van der Waals surface area contributed by atoms with E-state index in [4.69, 9.17) is 0 Å². The van der Waals surface area contributed by atoms with Crippen molar-refractivity contribution in [3.05, 3.63) is 60.2 Å². The van der Waals surface area contributed by atoms with Gasteiger partial charge in [-0.2, -0.15) is 0 Å². The Morgan fingerprint density at radius 3 is 2.37 bits per heavy atom. The molecule has 0 heteroatoms. The van der Waals surface area contributed by atoms with Gasteiger partial charge in [0.2, 0.25) is 0 Å². The molecular weight excluding hydrogens is 228 g/mol. The molecule has 0 N–H and O–H groups in total. The van der Waals surface area contributed by atoms with Gasteiger partial charge in [0, 0.05) is 0 Å². The summed E-state index contributed by atoms with van der Waals surface area (Å²) in [5, 5.41) is 0. The van der Waals surface area contributed by atoms with E-state index in [1.807, 2.05) is 6.08 Å². The van der Waals surface area contributed by atoms with Crippen molar-refractivity contribution in [3.8, 4) is 0 Å². The van der Waals surface area contributed by atoms with Crippen LogP contribution >= 0.6 is 0 Å². The van der Waals surface area contributed by atoms with Crippen molar-refractivity contribution in [1.29, 1.82) is 0 Å². The van der Waals surface area contributed by atoms with Gasteiger partial charge >= 0.3 is 0 Å². The van der Waals surface area contributed by atoms with Crippen LogP contribution in [0.3, 0.4) is 0 Å². The summed E-state index contributed by atoms with van der Waals surface area (Å²) in [5.74, 6) is 1.69. The molecule has 0 saturated heterocycles. The van der Waals surface area contributed by atoms with E-state index in [-0.39, 0.29) is 0 Å². The van der Waals surface area contributed by atoms with E-state index in [1.165, 1.54) is 37.7 Å². The number of hydrogen-bond acceptors (Lipinski definition) is 0. The van der Waals surface area contributed by atoms with Gasteiger partial charge in [0.05, 0.1) is 0 Å².